The number of fused-ring (bicyclic) bond motifs is 6. The molecule has 46 heavy (non-hydrogen) atoms. The third-order valence-electron chi connectivity index (χ3n) is 8.99. The van der Waals surface area contributed by atoms with Crippen LogP contribution >= 0.6 is 0 Å². The first-order valence-corrected chi connectivity index (χ1v) is 16.0. The lowest BCUT2D eigenvalue weighted by atomic mass is 10.1. The lowest BCUT2D eigenvalue weighted by molar-refractivity contribution is 0.827. The molecule has 222 valence electrons. The van der Waals surface area contributed by atoms with E-state index in [1.165, 1.54) is 54.7 Å². The number of hydrogen-bond acceptors (Lipinski definition) is 2. The van der Waals surface area contributed by atoms with Crippen molar-refractivity contribution in [1.29, 1.82) is 0 Å². The van der Waals surface area contributed by atoms with Gasteiger partial charge in [-0.25, -0.2) is 0 Å². The third-order valence-corrected chi connectivity index (χ3v) is 8.99. The molecule has 0 fully saturated rings. The normalized spacial score (nSPS) is 12.1. The quantitative estimate of drug-likeness (QED) is 0.184. The zero-order valence-electron chi connectivity index (χ0n) is 26.1. The number of pyridine rings is 2. The molecule has 0 unspecified atom stereocenters. The Labute approximate surface area is 268 Å². The summed E-state index contributed by atoms with van der Waals surface area (Å²) < 4.78 is 4.77. The molecule has 0 atom stereocenters. The summed E-state index contributed by atoms with van der Waals surface area (Å²) in [6.07, 6.45) is 12.4. The molecule has 0 aliphatic carbocycles. The molecule has 8 aromatic rings. The maximum atomic E-state index is 4.66. The molecule has 0 saturated carbocycles. The first-order valence-electron chi connectivity index (χ1n) is 16.0. The van der Waals surface area contributed by atoms with Gasteiger partial charge in [0.25, 0.3) is 0 Å². The Morgan fingerprint density at radius 3 is 1.26 bits per heavy atom. The van der Waals surface area contributed by atoms with E-state index in [4.69, 9.17) is 0 Å². The van der Waals surface area contributed by atoms with Crippen LogP contribution in [-0.2, 0) is 13.1 Å². The second-order valence-electron chi connectivity index (χ2n) is 11.7. The highest BCUT2D eigenvalue weighted by Crippen LogP contribution is 2.32. The van der Waals surface area contributed by atoms with E-state index >= 15 is 0 Å². The average Bonchev–Trinajstić information content (AvgIpc) is 3.61. The lowest BCUT2D eigenvalue weighted by Gasteiger charge is -2.04. The molecule has 0 saturated heterocycles. The Balaban J connectivity index is 1.05. The Kier molecular flexibility index (Phi) is 7.03. The van der Waals surface area contributed by atoms with E-state index in [1.807, 2.05) is 24.5 Å². The molecule has 0 bridgehead atoms. The molecular weight excluding hydrogens is 560 g/mol. The van der Waals surface area contributed by atoms with Gasteiger partial charge in [0.2, 0.25) is 0 Å². The van der Waals surface area contributed by atoms with Crippen LogP contribution in [0.25, 0.3) is 79.3 Å². The van der Waals surface area contributed by atoms with Gasteiger partial charge in [0.05, 0.1) is 11.4 Å². The molecule has 0 aliphatic heterocycles. The van der Waals surface area contributed by atoms with Crippen molar-refractivity contribution in [2.24, 2.45) is 0 Å². The summed E-state index contributed by atoms with van der Waals surface area (Å²) >= 11 is 0. The summed E-state index contributed by atoms with van der Waals surface area (Å²) in [5, 5.41) is 5.17. The number of benzene rings is 4. The van der Waals surface area contributed by atoms with Gasteiger partial charge in [-0.05, 0) is 96.8 Å². The third kappa shape index (κ3) is 4.89. The van der Waals surface area contributed by atoms with E-state index in [9.17, 15) is 0 Å². The van der Waals surface area contributed by atoms with Gasteiger partial charge in [-0.1, -0.05) is 72.8 Å². The number of para-hydroxylation sites is 2. The molecule has 4 aromatic heterocycles. The molecule has 4 heteroatoms. The van der Waals surface area contributed by atoms with Gasteiger partial charge >= 0.3 is 0 Å². The minimum absolute atomic E-state index is 0.854. The highest BCUT2D eigenvalue weighted by atomic mass is 15.0. The summed E-state index contributed by atoms with van der Waals surface area (Å²) in [6.45, 7) is 6.31. The number of hydrogen-bond donors (Lipinski definition) is 0. The molecule has 4 aromatic carbocycles. The van der Waals surface area contributed by atoms with Gasteiger partial charge in [-0.15, -0.1) is 0 Å². The van der Waals surface area contributed by atoms with Crippen LogP contribution in [0.1, 0.15) is 36.1 Å². The zero-order chi connectivity index (χ0) is 31.0. The fourth-order valence-electron chi connectivity index (χ4n) is 6.80. The molecule has 4 nitrogen and oxygen atoms in total. The SMILES string of the molecule is CCn1c2ccccc2c2cc(/C=C/c3ccnc(-c4cc(/C=C/c5ccc6c(c5)c5ccccc5n6CC)ccn4)c3)ccc21. The zero-order valence-corrected chi connectivity index (χ0v) is 26.1. The minimum Gasteiger partial charge on any atom is -0.341 e. The molecule has 0 aliphatic rings. The Morgan fingerprint density at radius 2 is 0.826 bits per heavy atom. The van der Waals surface area contributed by atoms with Crippen LogP contribution in [-0.4, -0.2) is 19.1 Å². The van der Waals surface area contributed by atoms with Crippen LogP contribution in [0.15, 0.2) is 122 Å². The van der Waals surface area contributed by atoms with Gasteiger partial charge in [0.15, 0.2) is 0 Å². The minimum atomic E-state index is 0.854. The summed E-state index contributed by atoms with van der Waals surface area (Å²) in [6, 6.07) is 39.0. The predicted molar refractivity (Wildman–Crippen MR) is 196 cm³/mol. The van der Waals surface area contributed by atoms with Gasteiger partial charge in [-0.2, -0.15) is 0 Å². The van der Waals surface area contributed by atoms with Crippen molar-refractivity contribution in [2.75, 3.05) is 0 Å². The van der Waals surface area contributed by atoms with Crippen LogP contribution in [0, 0.1) is 0 Å². The molecular formula is C42H34N4. The number of aromatic nitrogens is 4. The van der Waals surface area contributed by atoms with Crippen molar-refractivity contribution in [3.8, 4) is 11.4 Å². The molecule has 4 heterocycles. The van der Waals surface area contributed by atoms with E-state index < -0.39 is 0 Å². The topological polar surface area (TPSA) is 35.6 Å². The van der Waals surface area contributed by atoms with Crippen LogP contribution in [0.4, 0.5) is 0 Å². The summed E-state index contributed by atoms with van der Waals surface area (Å²) in [5.74, 6) is 0. The van der Waals surface area contributed by atoms with Crippen molar-refractivity contribution in [2.45, 2.75) is 26.9 Å². The lowest BCUT2D eigenvalue weighted by Crippen LogP contribution is -1.92. The van der Waals surface area contributed by atoms with E-state index in [2.05, 4.69) is 154 Å². The number of rotatable bonds is 7. The van der Waals surface area contributed by atoms with Gasteiger partial charge < -0.3 is 9.13 Å². The summed E-state index contributed by atoms with van der Waals surface area (Å²) in [7, 11) is 0. The van der Waals surface area contributed by atoms with Crippen LogP contribution in [0.5, 0.6) is 0 Å². The van der Waals surface area contributed by atoms with Crippen molar-refractivity contribution in [3.63, 3.8) is 0 Å². The standard InChI is InChI=1S/C42H34N4/c1-3-45-39-11-7-5-9-33(39)35-25-29(17-19-41(35)45)13-15-31-21-23-43-37(27-31)38-28-32(22-24-44-38)16-14-30-18-20-42-36(26-30)34-10-6-8-12-40(34)46(42)4-2/h5-28H,3-4H2,1-2H3/b15-13+,16-14+. The number of nitrogens with zero attached hydrogens (tertiary/aromatic N) is 4. The monoisotopic (exact) mass is 594 g/mol. The first-order chi connectivity index (χ1) is 22.7. The van der Waals surface area contributed by atoms with E-state index in [0.717, 1.165) is 35.6 Å². The van der Waals surface area contributed by atoms with Crippen LogP contribution in [0.2, 0.25) is 0 Å². The molecule has 0 radical (unpaired) electrons. The highest BCUT2D eigenvalue weighted by Gasteiger charge is 2.10. The van der Waals surface area contributed by atoms with Gasteiger partial charge in [0, 0.05) is 69.1 Å². The van der Waals surface area contributed by atoms with Crippen LogP contribution < -0.4 is 0 Å². The average molecular weight is 595 g/mol. The van der Waals surface area contributed by atoms with Crippen molar-refractivity contribution in [1.82, 2.24) is 19.1 Å². The Morgan fingerprint density at radius 1 is 0.435 bits per heavy atom. The second kappa shape index (κ2) is 11.6. The van der Waals surface area contributed by atoms with Crippen LogP contribution in [0.3, 0.4) is 0 Å². The van der Waals surface area contributed by atoms with Crippen molar-refractivity contribution >= 4 is 67.9 Å². The summed E-state index contributed by atoms with van der Waals surface area (Å²) in [4.78, 5) is 9.32. The smallest absolute Gasteiger partial charge is 0.0892 e. The highest BCUT2D eigenvalue weighted by molar-refractivity contribution is 6.09. The van der Waals surface area contributed by atoms with E-state index in [1.54, 1.807) is 0 Å². The number of aryl methyl sites for hydroxylation is 2. The fraction of sp³-hybridized carbons (Fsp3) is 0.0952. The molecule has 0 N–H and O–H groups in total. The molecule has 0 spiro atoms. The van der Waals surface area contributed by atoms with Crippen molar-refractivity contribution in [3.05, 3.63) is 144 Å². The van der Waals surface area contributed by atoms with Gasteiger partial charge in [0.1, 0.15) is 0 Å². The van der Waals surface area contributed by atoms with E-state index in [0.29, 0.717) is 0 Å². The first kappa shape index (κ1) is 27.8. The molecule has 8 rings (SSSR count). The largest absolute Gasteiger partial charge is 0.341 e. The fourth-order valence-corrected chi connectivity index (χ4v) is 6.80. The van der Waals surface area contributed by atoms with E-state index in [-0.39, 0.29) is 0 Å². The maximum Gasteiger partial charge on any atom is 0.0892 e. The summed E-state index contributed by atoms with van der Waals surface area (Å²) in [5.41, 5.74) is 11.3. The van der Waals surface area contributed by atoms with Gasteiger partial charge in [-0.3, -0.25) is 9.97 Å². The molecule has 0 amide bonds. The predicted octanol–water partition coefficient (Wildman–Crippen LogP) is 10.7. The Hall–Kier alpha value is -5.74. The Bertz CT molecular complexity index is 2280. The van der Waals surface area contributed by atoms with Crippen molar-refractivity contribution < 1.29 is 0 Å². The maximum absolute atomic E-state index is 4.66. The second-order valence-corrected chi connectivity index (χ2v) is 11.7.